The number of halogens is 8. The lowest BCUT2D eigenvalue weighted by Gasteiger charge is -2.14. The third kappa shape index (κ3) is 6.04. The lowest BCUT2D eigenvalue weighted by molar-refractivity contribution is -0.191. The molecule has 0 fully saturated rings. The number of carbonyl (C=O) groups is 1. The zero-order valence-electron chi connectivity index (χ0n) is 18.6. The van der Waals surface area contributed by atoms with Gasteiger partial charge in [0.05, 0.1) is 0 Å². The summed E-state index contributed by atoms with van der Waals surface area (Å²) in [6.45, 7) is 3.21. The van der Waals surface area contributed by atoms with Crippen molar-refractivity contribution in [3.8, 4) is 11.1 Å². The fourth-order valence-corrected chi connectivity index (χ4v) is 3.50. The van der Waals surface area contributed by atoms with Crippen LogP contribution in [0.25, 0.3) is 11.1 Å². The summed E-state index contributed by atoms with van der Waals surface area (Å²) >= 11 is 0. The van der Waals surface area contributed by atoms with E-state index in [-0.39, 0.29) is 6.15 Å². The number of carbonyl (C=O) groups excluding carboxylic acids is 3. The molecule has 36 heavy (non-hydrogen) atoms. The van der Waals surface area contributed by atoms with E-state index in [0.717, 1.165) is 0 Å². The van der Waals surface area contributed by atoms with Crippen LogP contribution in [0.1, 0.15) is 27.8 Å². The molecule has 0 atom stereocenters. The van der Waals surface area contributed by atoms with Gasteiger partial charge in [0.1, 0.15) is 17.2 Å². The molecule has 0 spiro atoms. The molecule has 0 heterocycles. The van der Waals surface area contributed by atoms with Gasteiger partial charge < -0.3 is 0 Å². The molecule has 0 bridgehead atoms. The van der Waals surface area contributed by atoms with Crippen LogP contribution in [-0.2, 0) is 33.4 Å². The maximum absolute atomic E-state index is 14.1. The van der Waals surface area contributed by atoms with Gasteiger partial charge in [-0.15, -0.1) is 0 Å². The predicted molar refractivity (Wildman–Crippen MR) is 110 cm³/mol. The van der Waals surface area contributed by atoms with Crippen LogP contribution in [0.2, 0.25) is 0 Å². The lowest BCUT2D eigenvalue weighted by Crippen LogP contribution is -2.19. The van der Waals surface area contributed by atoms with Gasteiger partial charge in [-0.1, -0.05) is 30.3 Å². The molecule has 3 aromatic rings. The van der Waals surface area contributed by atoms with Crippen LogP contribution in [0.3, 0.4) is 0 Å². The summed E-state index contributed by atoms with van der Waals surface area (Å²) in [7, 11) is 0. The predicted octanol–water partition coefficient (Wildman–Crippen LogP) is 6.46. The number of rotatable bonds is 5. The molecule has 3 nitrogen and oxygen atoms in total. The number of Topliss-reactive ketones (excluding diaryl/α,β-unsaturated/α-hetero) is 1. The first-order chi connectivity index (χ1) is 16.7. The second-order valence-electron chi connectivity index (χ2n) is 7.64. The van der Waals surface area contributed by atoms with Crippen molar-refractivity contribution in [3.05, 3.63) is 93.3 Å². The van der Waals surface area contributed by atoms with Crippen LogP contribution < -0.4 is 0 Å². The van der Waals surface area contributed by atoms with E-state index in [4.69, 9.17) is 9.59 Å². The number of alkyl halides is 3. The zero-order valence-corrected chi connectivity index (χ0v) is 18.6. The van der Waals surface area contributed by atoms with Gasteiger partial charge in [-0.2, -0.15) is 22.8 Å². The number of hydrogen-bond acceptors (Lipinski definition) is 3. The molecule has 0 N–H and O–H groups in total. The topological polar surface area (TPSA) is 51.2 Å². The van der Waals surface area contributed by atoms with Crippen molar-refractivity contribution in [3.63, 3.8) is 0 Å². The number of hydrogen-bond donors (Lipinski definition) is 0. The molecule has 3 rings (SSSR count). The summed E-state index contributed by atoms with van der Waals surface area (Å²) in [6, 6.07) is 9.33. The summed E-state index contributed by atoms with van der Waals surface area (Å²) in [5, 5.41) is 0. The van der Waals surface area contributed by atoms with Crippen molar-refractivity contribution >= 4 is 11.9 Å². The highest BCUT2D eigenvalue weighted by Crippen LogP contribution is 2.37. The third-order valence-corrected chi connectivity index (χ3v) is 5.33. The van der Waals surface area contributed by atoms with Gasteiger partial charge in [0.15, 0.2) is 23.3 Å². The standard InChI is InChI=1S/C24H16F8O.CO2/c1-11-6-7-13(16-4-3-5-18(25)12(16)2)8-14(11)9-15(33)10-17-20(26)22(28)19(24(30,31)32)23(29)21(17)27;2-1-3/h3-8H,9-10H2,1-2H3;. The van der Waals surface area contributed by atoms with Gasteiger partial charge in [0.2, 0.25) is 0 Å². The molecule has 0 unspecified atom stereocenters. The first-order valence-electron chi connectivity index (χ1n) is 10.0. The second kappa shape index (κ2) is 11.3. The molecule has 0 aliphatic heterocycles. The van der Waals surface area contributed by atoms with Gasteiger partial charge in [-0.3, -0.25) is 4.79 Å². The molecule has 0 aliphatic carbocycles. The monoisotopic (exact) mass is 516 g/mol. The van der Waals surface area contributed by atoms with Crippen molar-refractivity contribution in [1.29, 1.82) is 0 Å². The van der Waals surface area contributed by atoms with Crippen LogP contribution in [-0.4, -0.2) is 11.9 Å². The molecule has 0 aliphatic rings. The Morgan fingerprint density at radius 2 is 1.39 bits per heavy atom. The number of aryl methyl sites for hydroxylation is 1. The minimum absolute atomic E-state index is 0.250. The minimum Gasteiger partial charge on any atom is -0.299 e. The Morgan fingerprint density at radius 3 is 1.92 bits per heavy atom. The van der Waals surface area contributed by atoms with E-state index in [9.17, 15) is 39.9 Å². The van der Waals surface area contributed by atoms with Gasteiger partial charge >= 0.3 is 12.3 Å². The van der Waals surface area contributed by atoms with E-state index < -0.39 is 65.0 Å². The highest BCUT2D eigenvalue weighted by molar-refractivity contribution is 5.84. The van der Waals surface area contributed by atoms with Crippen molar-refractivity contribution in [2.75, 3.05) is 0 Å². The van der Waals surface area contributed by atoms with E-state index >= 15 is 0 Å². The Labute approximate surface area is 199 Å². The number of benzene rings is 3. The summed E-state index contributed by atoms with van der Waals surface area (Å²) in [6.07, 6.45) is -6.99. The smallest absolute Gasteiger partial charge is 0.299 e. The van der Waals surface area contributed by atoms with Crippen LogP contribution >= 0.6 is 0 Å². The Hall–Kier alpha value is -3.85. The van der Waals surface area contributed by atoms with Crippen LogP contribution in [0.15, 0.2) is 36.4 Å². The number of ketones is 1. The Bertz CT molecular complexity index is 1310. The first-order valence-corrected chi connectivity index (χ1v) is 10.0. The van der Waals surface area contributed by atoms with Gasteiger partial charge in [-0.05, 0) is 47.7 Å². The maximum atomic E-state index is 14.1. The molecule has 190 valence electrons. The summed E-state index contributed by atoms with van der Waals surface area (Å²) < 4.78 is 108. The minimum atomic E-state index is -5.66. The van der Waals surface area contributed by atoms with Crippen LogP contribution in [0.5, 0.6) is 0 Å². The van der Waals surface area contributed by atoms with Crippen molar-refractivity contribution < 1.29 is 49.5 Å². The third-order valence-electron chi connectivity index (χ3n) is 5.33. The van der Waals surface area contributed by atoms with Crippen molar-refractivity contribution in [2.24, 2.45) is 0 Å². The summed E-state index contributed by atoms with van der Waals surface area (Å²) in [4.78, 5) is 28.7. The van der Waals surface area contributed by atoms with Crippen LogP contribution in [0, 0.1) is 42.9 Å². The van der Waals surface area contributed by atoms with Crippen molar-refractivity contribution in [2.45, 2.75) is 32.9 Å². The quantitative estimate of drug-likeness (QED) is 0.289. The van der Waals surface area contributed by atoms with E-state index in [1.807, 2.05) is 0 Å². The van der Waals surface area contributed by atoms with Gasteiger partial charge in [0.25, 0.3) is 0 Å². The molecule has 11 heteroatoms. The lowest BCUT2D eigenvalue weighted by atomic mass is 9.93. The SMILES string of the molecule is Cc1ccc(-c2cccc(F)c2C)cc1CC(=O)Cc1c(F)c(F)c(C(F)(F)F)c(F)c1F.O=C=O. The highest BCUT2D eigenvalue weighted by atomic mass is 19.4. The van der Waals surface area contributed by atoms with E-state index in [2.05, 4.69) is 0 Å². The maximum Gasteiger partial charge on any atom is 0.422 e. The van der Waals surface area contributed by atoms with Crippen molar-refractivity contribution in [1.82, 2.24) is 0 Å². The summed E-state index contributed by atoms with van der Waals surface area (Å²) in [5.41, 5.74) is -1.64. The Morgan fingerprint density at radius 1 is 0.833 bits per heavy atom. The second-order valence-corrected chi connectivity index (χ2v) is 7.64. The van der Waals surface area contributed by atoms with E-state index in [0.29, 0.717) is 27.8 Å². The summed E-state index contributed by atoms with van der Waals surface area (Å²) in [5.74, 6) is -11.1. The zero-order chi connectivity index (χ0) is 27.4. The van der Waals surface area contributed by atoms with E-state index in [1.165, 1.54) is 12.1 Å². The molecule has 0 amide bonds. The highest BCUT2D eigenvalue weighted by Gasteiger charge is 2.42. The molecular formula is C25H16F8O3. The molecule has 3 aromatic carbocycles. The average Bonchev–Trinajstić information content (AvgIpc) is 2.78. The first kappa shape index (κ1) is 28.4. The Kier molecular flexibility index (Phi) is 8.88. The molecule has 0 saturated carbocycles. The largest absolute Gasteiger partial charge is 0.422 e. The molecular weight excluding hydrogens is 500 g/mol. The average molecular weight is 516 g/mol. The molecule has 0 saturated heterocycles. The van der Waals surface area contributed by atoms with E-state index in [1.54, 1.807) is 38.1 Å². The fourth-order valence-electron chi connectivity index (χ4n) is 3.50. The molecule has 0 radical (unpaired) electrons. The molecule has 0 aromatic heterocycles. The van der Waals surface area contributed by atoms with Crippen LogP contribution in [0.4, 0.5) is 35.1 Å². The fraction of sp³-hybridized carbons (Fsp3) is 0.200. The van der Waals surface area contributed by atoms with Gasteiger partial charge in [0, 0.05) is 18.4 Å². The Balaban J connectivity index is 0.00000145. The van der Waals surface area contributed by atoms with Gasteiger partial charge in [-0.25, -0.2) is 22.0 Å². The normalized spacial score (nSPS) is 10.9.